The number of hydrogen-bond donors (Lipinski definition) is 0. The van der Waals surface area contributed by atoms with Crippen molar-refractivity contribution in [2.24, 2.45) is 5.41 Å². The van der Waals surface area contributed by atoms with Crippen LogP contribution in [0.5, 0.6) is 0 Å². The van der Waals surface area contributed by atoms with Gasteiger partial charge in [0.1, 0.15) is 5.76 Å². The number of benzene rings is 2. The molecule has 0 aliphatic carbocycles. The van der Waals surface area contributed by atoms with Crippen molar-refractivity contribution in [3.63, 3.8) is 0 Å². The Kier molecular flexibility index (Phi) is 4.59. The van der Waals surface area contributed by atoms with Gasteiger partial charge in [-0.1, -0.05) is 60.7 Å². The lowest BCUT2D eigenvalue weighted by molar-refractivity contribution is -0.145. The van der Waals surface area contributed by atoms with E-state index in [-0.39, 0.29) is 5.97 Å². The Morgan fingerprint density at radius 2 is 1.43 bits per heavy atom. The molecular weight excluding hydrogens is 260 g/mol. The smallest absolute Gasteiger partial charge is 0.316 e. The molecule has 0 heterocycles. The van der Waals surface area contributed by atoms with Crippen LogP contribution in [0, 0.1) is 5.41 Å². The highest BCUT2D eigenvalue weighted by Gasteiger charge is 2.24. The molecule has 2 heteroatoms. The van der Waals surface area contributed by atoms with Gasteiger partial charge in [-0.2, -0.15) is 0 Å². The first kappa shape index (κ1) is 15.0. The largest absolute Gasteiger partial charge is 0.425 e. The summed E-state index contributed by atoms with van der Waals surface area (Å²) in [6, 6.07) is 19.5. The molecule has 0 atom stereocenters. The minimum Gasteiger partial charge on any atom is -0.425 e. The molecule has 0 spiro atoms. The van der Waals surface area contributed by atoms with E-state index in [1.807, 2.05) is 87.5 Å². The minimum absolute atomic E-state index is 0.242. The average Bonchev–Trinajstić information content (AvgIpc) is 2.47. The second kappa shape index (κ2) is 6.40. The number of hydrogen-bond acceptors (Lipinski definition) is 2. The van der Waals surface area contributed by atoms with Gasteiger partial charge in [0.25, 0.3) is 0 Å². The van der Waals surface area contributed by atoms with Crippen LogP contribution in [0.15, 0.2) is 60.7 Å². The van der Waals surface area contributed by atoms with Crippen LogP contribution in [0.1, 0.15) is 31.9 Å². The molecule has 2 aromatic rings. The summed E-state index contributed by atoms with van der Waals surface area (Å²) in [5.41, 5.74) is 1.35. The van der Waals surface area contributed by atoms with Gasteiger partial charge in [-0.3, -0.25) is 4.79 Å². The van der Waals surface area contributed by atoms with E-state index < -0.39 is 5.41 Å². The van der Waals surface area contributed by atoms with Crippen molar-refractivity contribution >= 4 is 17.8 Å². The molecule has 2 rings (SSSR count). The maximum atomic E-state index is 12.2. The molecule has 0 unspecified atom stereocenters. The Morgan fingerprint density at radius 3 is 1.95 bits per heavy atom. The van der Waals surface area contributed by atoms with Crippen LogP contribution in [-0.4, -0.2) is 5.97 Å². The van der Waals surface area contributed by atoms with Crippen LogP contribution < -0.4 is 0 Å². The molecule has 0 radical (unpaired) electrons. The standard InChI is InChI=1S/C19H20O2/c1-19(2,3)18(20)21-17(16-12-8-5-9-13-16)14-15-10-6-4-7-11-15/h4-14H,1-3H3/b17-14+. The van der Waals surface area contributed by atoms with Crippen LogP contribution in [0.4, 0.5) is 0 Å². The van der Waals surface area contributed by atoms with Crippen molar-refractivity contribution in [2.75, 3.05) is 0 Å². The molecule has 21 heavy (non-hydrogen) atoms. The zero-order valence-corrected chi connectivity index (χ0v) is 12.7. The van der Waals surface area contributed by atoms with E-state index in [0.717, 1.165) is 11.1 Å². The fourth-order valence-corrected chi connectivity index (χ4v) is 1.73. The third kappa shape index (κ3) is 4.32. The highest BCUT2D eigenvalue weighted by molar-refractivity contribution is 5.87. The third-order valence-corrected chi connectivity index (χ3v) is 2.97. The molecule has 0 amide bonds. The predicted octanol–water partition coefficient (Wildman–Crippen LogP) is 4.77. The monoisotopic (exact) mass is 280 g/mol. The second-order valence-electron chi connectivity index (χ2n) is 5.92. The van der Waals surface area contributed by atoms with Crippen molar-refractivity contribution in [1.29, 1.82) is 0 Å². The van der Waals surface area contributed by atoms with Gasteiger partial charge in [-0.05, 0) is 32.4 Å². The van der Waals surface area contributed by atoms with Crippen molar-refractivity contribution in [1.82, 2.24) is 0 Å². The molecule has 0 fully saturated rings. The topological polar surface area (TPSA) is 26.3 Å². The summed E-state index contributed by atoms with van der Waals surface area (Å²) in [5.74, 6) is 0.329. The summed E-state index contributed by atoms with van der Waals surface area (Å²) in [4.78, 5) is 12.2. The lowest BCUT2D eigenvalue weighted by Gasteiger charge is -2.18. The van der Waals surface area contributed by atoms with Gasteiger partial charge >= 0.3 is 5.97 Å². The number of esters is 1. The Labute approximate surface area is 126 Å². The van der Waals surface area contributed by atoms with Crippen LogP contribution in [0.3, 0.4) is 0 Å². The average molecular weight is 280 g/mol. The van der Waals surface area contributed by atoms with E-state index >= 15 is 0 Å². The maximum absolute atomic E-state index is 12.2. The Bertz CT molecular complexity index is 620. The summed E-state index contributed by atoms with van der Waals surface area (Å²) in [6.07, 6.45) is 1.89. The number of carbonyl (C=O) groups is 1. The van der Waals surface area contributed by atoms with Gasteiger partial charge in [-0.25, -0.2) is 0 Å². The number of rotatable bonds is 3. The van der Waals surface area contributed by atoms with Gasteiger partial charge in [0.15, 0.2) is 0 Å². The molecule has 108 valence electrons. The first-order valence-electron chi connectivity index (χ1n) is 7.01. The molecule has 2 aromatic carbocycles. The third-order valence-electron chi connectivity index (χ3n) is 2.97. The zero-order valence-electron chi connectivity index (χ0n) is 12.7. The van der Waals surface area contributed by atoms with Crippen LogP contribution >= 0.6 is 0 Å². The molecule has 0 aliphatic rings. The van der Waals surface area contributed by atoms with E-state index in [1.54, 1.807) is 0 Å². The van der Waals surface area contributed by atoms with E-state index in [0.29, 0.717) is 5.76 Å². The van der Waals surface area contributed by atoms with Crippen LogP contribution in [0.2, 0.25) is 0 Å². The second-order valence-corrected chi connectivity index (χ2v) is 5.92. The van der Waals surface area contributed by atoms with Crippen molar-refractivity contribution in [2.45, 2.75) is 20.8 Å². The molecule has 0 N–H and O–H groups in total. The van der Waals surface area contributed by atoms with E-state index in [2.05, 4.69) is 0 Å². The molecule has 2 nitrogen and oxygen atoms in total. The lowest BCUT2D eigenvalue weighted by atomic mass is 9.97. The molecule has 0 saturated heterocycles. The normalized spacial score (nSPS) is 12.0. The van der Waals surface area contributed by atoms with Gasteiger partial charge in [0.2, 0.25) is 0 Å². The fraction of sp³-hybridized carbons (Fsp3) is 0.211. The van der Waals surface area contributed by atoms with Crippen molar-refractivity contribution < 1.29 is 9.53 Å². The molecule has 0 aromatic heterocycles. The Balaban J connectivity index is 2.36. The first-order valence-corrected chi connectivity index (χ1v) is 7.01. The molecule has 0 bridgehead atoms. The van der Waals surface area contributed by atoms with Crippen LogP contribution in [0.25, 0.3) is 11.8 Å². The highest BCUT2D eigenvalue weighted by atomic mass is 16.5. The number of carbonyl (C=O) groups excluding carboxylic acids is 1. The summed E-state index contributed by atoms with van der Waals surface area (Å²) in [7, 11) is 0. The summed E-state index contributed by atoms with van der Waals surface area (Å²) in [6.45, 7) is 5.54. The van der Waals surface area contributed by atoms with Crippen LogP contribution in [-0.2, 0) is 9.53 Å². The number of ether oxygens (including phenoxy) is 1. The molecular formula is C19H20O2. The van der Waals surface area contributed by atoms with Crippen molar-refractivity contribution in [3.05, 3.63) is 71.8 Å². The quantitative estimate of drug-likeness (QED) is 0.460. The Hall–Kier alpha value is -2.35. The molecule has 0 saturated carbocycles. The predicted molar refractivity (Wildman–Crippen MR) is 86.3 cm³/mol. The molecule has 0 aliphatic heterocycles. The van der Waals surface area contributed by atoms with Gasteiger partial charge in [0, 0.05) is 5.56 Å². The van der Waals surface area contributed by atoms with E-state index in [4.69, 9.17) is 4.74 Å². The first-order chi connectivity index (χ1) is 9.97. The zero-order chi connectivity index (χ0) is 15.3. The Morgan fingerprint density at radius 1 is 0.905 bits per heavy atom. The van der Waals surface area contributed by atoms with Gasteiger partial charge in [-0.15, -0.1) is 0 Å². The fourth-order valence-electron chi connectivity index (χ4n) is 1.73. The van der Waals surface area contributed by atoms with Gasteiger partial charge in [0.05, 0.1) is 5.41 Å². The minimum atomic E-state index is -0.537. The SMILES string of the molecule is CC(C)(C)C(=O)O/C(=C/c1ccccc1)c1ccccc1. The summed E-state index contributed by atoms with van der Waals surface area (Å²) < 4.78 is 5.63. The van der Waals surface area contributed by atoms with E-state index in [9.17, 15) is 4.79 Å². The van der Waals surface area contributed by atoms with E-state index in [1.165, 1.54) is 0 Å². The summed E-state index contributed by atoms with van der Waals surface area (Å²) >= 11 is 0. The summed E-state index contributed by atoms with van der Waals surface area (Å²) in [5, 5.41) is 0. The maximum Gasteiger partial charge on any atom is 0.316 e. The van der Waals surface area contributed by atoms with Gasteiger partial charge < -0.3 is 4.74 Å². The van der Waals surface area contributed by atoms with Crippen molar-refractivity contribution in [3.8, 4) is 0 Å². The highest BCUT2D eigenvalue weighted by Crippen LogP contribution is 2.24. The lowest BCUT2D eigenvalue weighted by Crippen LogP contribution is -2.22.